The minimum atomic E-state index is -3.26. The van der Waals surface area contributed by atoms with Crippen LogP contribution < -0.4 is 10.1 Å². The Kier molecular flexibility index (Phi) is 5.59. The molecule has 1 unspecified atom stereocenters. The lowest BCUT2D eigenvalue weighted by Gasteiger charge is -2.23. The van der Waals surface area contributed by atoms with Crippen LogP contribution >= 0.6 is 0 Å². The monoisotopic (exact) mass is 308 g/mol. The summed E-state index contributed by atoms with van der Waals surface area (Å²) >= 11 is 0. The van der Waals surface area contributed by atoms with E-state index in [0.29, 0.717) is 23.1 Å². The first-order chi connectivity index (χ1) is 10.1. The van der Waals surface area contributed by atoms with E-state index in [1.165, 1.54) is 25.0 Å². The van der Waals surface area contributed by atoms with Gasteiger partial charge in [0.25, 0.3) is 0 Å². The van der Waals surface area contributed by atoms with Crippen molar-refractivity contribution in [1.82, 2.24) is 5.32 Å². The highest BCUT2D eigenvalue weighted by Gasteiger charge is 2.19. The molecule has 0 spiro atoms. The Morgan fingerprint density at radius 1 is 1.29 bits per heavy atom. The minimum Gasteiger partial charge on any atom is -0.479 e. The van der Waals surface area contributed by atoms with Gasteiger partial charge >= 0.3 is 0 Å². The molecule has 1 saturated heterocycles. The van der Waals surface area contributed by atoms with Gasteiger partial charge in [-0.2, -0.15) is 5.26 Å². The summed E-state index contributed by atoms with van der Waals surface area (Å²) in [5.41, 5.74) is 0. The maximum atomic E-state index is 12.3. The number of rotatable bonds is 6. The van der Waals surface area contributed by atoms with E-state index in [1.807, 2.05) is 6.07 Å². The highest BCUT2D eigenvalue weighted by molar-refractivity contribution is 7.91. The molecule has 6 heteroatoms. The summed E-state index contributed by atoms with van der Waals surface area (Å²) in [5.74, 6) is 0.660. The molecule has 1 aromatic rings. The lowest BCUT2D eigenvalue weighted by molar-refractivity contribution is 0.368. The molecule has 0 amide bonds. The van der Waals surface area contributed by atoms with Crippen molar-refractivity contribution in [1.29, 1.82) is 5.26 Å². The van der Waals surface area contributed by atoms with E-state index in [-0.39, 0.29) is 12.4 Å². The van der Waals surface area contributed by atoms with Gasteiger partial charge in [-0.25, -0.2) is 8.42 Å². The normalized spacial score (nSPS) is 18.9. The van der Waals surface area contributed by atoms with E-state index in [4.69, 9.17) is 10.00 Å². The summed E-state index contributed by atoms with van der Waals surface area (Å²) in [6.07, 6.45) is 4.04. The van der Waals surface area contributed by atoms with Crippen molar-refractivity contribution in [3.05, 3.63) is 24.3 Å². The van der Waals surface area contributed by atoms with Gasteiger partial charge in [0.05, 0.1) is 10.6 Å². The van der Waals surface area contributed by atoms with Gasteiger partial charge in [0.1, 0.15) is 11.8 Å². The van der Waals surface area contributed by atoms with Gasteiger partial charge in [-0.05, 0) is 50.1 Å². The van der Waals surface area contributed by atoms with Crippen molar-refractivity contribution < 1.29 is 13.2 Å². The number of sulfone groups is 1. The van der Waals surface area contributed by atoms with Crippen LogP contribution in [0.2, 0.25) is 0 Å². The van der Waals surface area contributed by atoms with E-state index >= 15 is 0 Å². The predicted octanol–water partition coefficient (Wildman–Crippen LogP) is 1.89. The summed E-state index contributed by atoms with van der Waals surface area (Å²) in [6, 6.07) is 8.43. The van der Waals surface area contributed by atoms with E-state index in [1.54, 1.807) is 12.1 Å². The molecule has 0 aliphatic carbocycles. The van der Waals surface area contributed by atoms with E-state index in [9.17, 15) is 8.42 Å². The molecule has 1 heterocycles. The standard InChI is InChI=1S/C15H20N2O3S/c16-9-11-20-14-4-6-15(7-5-14)21(18,19)12-8-13-3-1-2-10-17-13/h4-7,13,17H,1-3,8,10-12H2. The van der Waals surface area contributed by atoms with E-state index < -0.39 is 9.84 Å². The second kappa shape index (κ2) is 7.43. The van der Waals surface area contributed by atoms with Crippen LogP contribution in [0.1, 0.15) is 25.7 Å². The molecule has 1 fully saturated rings. The van der Waals surface area contributed by atoms with Crippen LogP contribution in [-0.4, -0.2) is 33.4 Å². The first-order valence-electron chi connectivity index (χ1n) is 7.18. The van der Waals surface area contributed by atoms with E-state index in [0.717, 1.165) is 13.0 Å². The zero-order valence-electron chi connectivity index (χ0n) is 11.9. The molecule has 1 aliphatic rings. The van der Waals surface area contributed by atoms with Gasteiger partial charge in [0.2, 0.25) is 0 Å². The van der Waals surface area contributed by atoms with E-state index in [2.05, 4.69) is 5.32 Å². The molecule has 0 saturated carbocycles. The van der Waals surface area contributed by atoms with Crippen LogP contribution in [0, 0.1) is 11.3 Å². The maximum absolute atomic E-state index is 12.3. The topological polar surface area (TPSA) is 79.2 Å². The second-order valence-corrected chi connectivity index (χ2v) is 7.28. The van der Waals surface area contributed by atoms with Crippen molar-refractivity contribution >= 4 is 9.84 Å². The second-order valence-electron chi connectivity index (χ2n) is 5.17. The Bertz CT molecular complexity index is 584. The van der Waals surface area contributed by atoms with Crippen molar-refractivity contribution in [2.45, 2.75) is 36.6 Å². The molecule has 1 N–H and O–H groups in total. The van der Waals surface area contributed by atoms with Crippen LogP contribution in [0.5, 0.6) is 5.75 Å². The van der Waals surface area contributed by atoms with Crippen molar-refractivity contribution in [3.8, 4) is 11.8 Å². The van der Waals surface area contributed by atoms with Gasteiger partial charge in [-0.15, -0.1) is 0 Å². The third kappa shape index (κ3) is 4.73. The zero-order valence-corrected chi connectivity index (χ0v) is 12.7. The number of hydrogen-bond donors (Lipinski definition) is 1. The summed E-state index contributed by atoms with van der Waals surface area (Å²) in [4.78, 5) is 0.308. The van der Waals surface area contributed by atoms with Crippen molar-refractivity contribution in [2.75, 3.05) is 18.9 Å². The Morgan fingerprint density at radius 3 is 2.67 bits per heavy atom. The molecule has 21 heavy (non-hydrogen) atoms. The van der Waals surface area contributed by atoms with Gasteiger partial charge in [0.15, 0.2) is 16.4 Å². The molecule has 1 aliphatic heterocycles. The summed E-state index contributed by atoms with van der Waals surface area (Å²) in [5, 5.41) is 11.8. The first kappa shape index (κ1) is 15.8. The Balaban J connectivity index is 1.93. The summed E-state index contributed by atoms with van der Waals surface area (Å²) in [6.45, 7) is 0.940. The average molecular weight is 308 g/mol. The molecule has 1 aromatic carbocycles. The Morgan fingerprint density at radius 2 is 2.05 bits per heavy atom. The van der Waals surface area contributed by atoms with Gasteiger partial charge < -0.3 is 10.1 Å². The van der Waals surface area contributed by atoms with Gasteiger partial charge in [-0.1, -0.05) is 6.42 Å². The molecule has 0 aromatic heterocycles. The smallest absolute Gasteiger partial charge is 0.178 e. The number of ether oxygens (including phenoxy) is 1. The highest BCUT2D eigenvalue weighted by Crippen LogP contribution is 2.19. The maximum Gasteiger partial charge on any atom is 0.178 e. The van der Waals surface area contributed by atoms with Gasteiger partial charge in [0, 0.05) is 6.04 Å². The third-order valence-corrected chi connectivity index (χ3v) is 5.40. The minimum absolute atomic E-state index is 0.0422. The lowest BCUT2D eigenvalue weighted by atomic mass is 10.0. The van der Waals surface area contributed by atoms with Crippen molar-refractivity contribution in [3.63, 3.8) is 0 Å². The van der Waals surface area contributed by atoms with Gasteiger partial charge in [-0.3, -0.25) is 0 Å². The number of piperidine rings is 1. The fourth-order valence-electron chi connectivity index (χ4n) is 2.44. The number of nitriles is 1. The molecule has 114 valence electrons. The third-order valence-electron chi connectivity index (χ3n) is 3.63. The van der Waals surface area contributed by atoms with Crippen LogP contribution in [0.3, 0.4) is 0 Å². The number of benzene rings is 1. The molecule has 2 rings (SSSR count). The fraction of sp³-hybridized carbons (Fsp3) is 0.533. The summed E-state index contributed by atoms with van der Waals surface area (Å²) in [7, 11) is -3.26. The lowest BCUT2D eigenvalue weighted by Crippen LogP contribution is -2.35. The van der Waals surface area contributed by atoms with Crippen LogP contribution in [0.15, 0.2) is 29.2 Å². The van der Waals surface area contributed by atoms with Crippen molar-refractivity contribution in [2.24, 2.45) is 0 Å². The van der Waals surface area contributed by atoms with Crippen LogP contribution in [0.25, 0.3) is 0 Å². The summed E-state index contributed by atoms with van der Waals surface area (Å²) < 4.78 is 29.7. The quantitative estimate of drug-likeness (QED) is 0.868. The molecule has 1 atom stereocenters. The van der Waals surface area contributed by atoms with Crippen LogP contribution in [-0.2, 0) is 9.84 Å². The zero-order chi connectivity index (χ0) is 15.1. The molecular formula is C15H20N2O3S. The fourth-order valence-corrected chi connectivity index (χ4v) is 3.83. The first-order valence-corrected chi connectivity index (χ1v) is 8.83. The largest absolute Gasteiger partial charge is 0.479 e. The molecular weight excluding hydrogens is 288 g/mol. The highest BCUT2D eigenvalue weighted by atomic mass is 32.2. The number of nitrogens with one attached hydrogen (secondary N) is 1. The number of nitrogens with zero attached hydrogens (tertiary/aromatic N) is 1. The Hall–Kier alpha value is -1.58. The molecule has 0 radical (unpaired) electrons. The molecule has 5 nitrogen and oxygen atoms in total. The average Bonchev–Trinajstić information content (AvgIpc) is 2.52. The predicted molar refractivity (Wildman–Crippen MR) is 79.9 cm³/mol. The Labute approximate surface area is 125 Å². The number of hydrogen-bond acceptors (Lipinski definition) is 5. The van der Waals surface area contributed by atoms with Crippen LogP contribution in [0.4, 0.5) is 0 Å². The molecule has 0 bridgehead atoms. The SMILES string of the molecule is N#CCOc1ccc(S(=O)(=O)CCC2CCCCN2)cc1.